The Bertz CT molecular complexity index is 502. The molecule has 1 unspecified atom stereocenters. The summed E-state index contributed by atoms with van der Waals surface area (Å²) in [4.78, 5) is 0. The summed E-state index contributed by atoms with van der Waals surface area (Å²) in [6, 6.07) is 4.25. The Morgan fingerprint density at radius 1 is 1.31 bits per heavy atom. The maximum atomic E-state index is 11.2. The second-order valence-corrected chi connectivity index (χ2v) is 6.51. The third-order valence-electron chi connectivity index (χ3n) is 1.93. The van der Waals surface area contributed by atoms with E-state index in [1.807, 2.05) is 0 Å². The van der Waals surface area contributed by atoms with Crippen LogP contribution in [0.25, 0.3) is 0 Å². The molecule has 0 aliphatic rings. The molecule has 1 N–H and O–H groups in total. The van der Waals surface area contributed by atoms with Crippen molar-refractivity contribution in [3.05, 3.63) is 33.8 Å². The topological polar surface area (TPSA) is 54.4 Å². The molecule has 1 aromatic carbocycles. The molecule has 0 spiro atoms. The smallest absolute Gasteiger partial charge is 0.284 e. The van der Waals surface area contributed by atoms with Gasteiger partial charge in [-0.1, -0.05) is 46.9 Å². The zero-order chi connectivity index (χ0) is 12.6. The molecule has 1 rings (SSSR count). The van der Waals surface area contributed by atoms with Gasteiger partial charge in [0, 0.05) is 5.56 Å². The minimum atomic E-state index is -4.62. The van der Waals surface area contributed by atoms with Crippen LogP contribution in [-0.4, -0.2) is 18.9 Å². The molecule has 0 amide bonds. The average Bonchev–Trinajstić information content (AvgIpc) is 2.19. The summed E-state index contributed by atoms with van der Waals surface area (Å²) in [5.74, 6) is -0.562. The molecule has 0 heterocycles. The number of halogens is 4. The zero-order valence-corrected chi connectivity index (χ0v) is 11.5. The van der Waals surface area contributed by atoms with Gasteiger partial charge in [0.05, 0.1) is 15.9 Å². The molecule has 0 bridgehead atoms. The first kappa shape index (κ1) is 14.4. The maximum Gasteiger partial charge on any atom is 0.290 e. The van der Waals surface area contributed by atoms with E-state index in [0.29, 0.717) is 0 Å². The summed E-state index contributed by atoms with van der Waals surface area (Å²) in [6.45, 7) is 0. The SMILES string of the molecule is O=S(=O)(O)C(Cl)(CCl)c1cccc(Cl)c1Cl. The number of alkyl halides is 2. The Morgan fingerprint density at radius 2 is 1.88 bits per heavy atom. The monoisotopic (exact) mass is 322 g/mol. The highest BCUT2D eigenvalue weighted by molar-refractivity contribution is 7.88. The van der Waals surface area contributed by atoms with Crippen LogP contribution >= 0.6 is 46.4 Å². The summed E-state index contributed by atoms with van der Waals surface area (Å²) >= 11 is 22.8. The summed E-state index contributed by atoms with van der Waals surface area (Å²) in [7, 11) is -4.62. The zero-order valence-electron chi connectivity index (χ0n) is 7.62. The van der Waals surface area contributed by atoms with E-state index in [4.69, 9.17) is 51.0 Å². The lowest BCUT2D eigenvalue weighted by molar-refractivity contribution is 0.465. The van der Waals surface area contributed by atoms with Gasteiger partial charge in [0.25, 0.3) is 10.1 Å². The van der Waals surface area contributed by atoms with Crippen molar-refractivity contribution in [3.8, 4) is 0 Å². The quantitative estimate of drug-likeness (QED) is 0.684. The molecule has 0 aromatic heterocycles. The number of rotatable bonds is 3. The first-order chi connectivity index (χ1) is 7.24. The Labute approximate surface area is 113 Å². The minimum Gasteiger partial charge on any atom is -0.284 e. The average molecular weight is 324 g/mol. The molecule has 1 atom stereocenters. The molecule has 90 valence electrons. The van der Waals surface area contributed by atoms with E-state index >= 15 is 0 Å². The highest BCUT2D eigenvalue weighted by atomic mass is 35.5. The molecular weight excluding hydrogens is 318 g/mol. The van der Waals surface area contributed by atoms with Crippen molar-refractivity contribution in [1.82, 2.24) is 0 Å². The van der Waals surface area contributed by atoms with Crippen molar-refractivity contribution in [2.24, 2.45) is 0 Å². The van der Waals surface area contributed by atoms with Crippen LogP contribution in [0.3, 0.4) is 0 Å². The van der Waals surface area contributed by atoms with Crippen molar-refractivity contribution in [3.63, 3.8) is 0 Å². The molecule has 16 heavy (non-hydrogen) atoms. The van der Waals surface area contributed by atoms with E-state index in [1.165, 1.54) is 18.2 Å². The fourth-order valence-corrected chi connectivity index (χ4v) is 2.94. The molecule has 0 radical (unpaired) electrons. The molecule has 8 heteroatoms. The molecule has 0 fully saturated rings. The predicted octanol–water partition coefficient (Wildman–Crippen LogP) is 3.51. The largest absolute Gasteiger partial charge is 0.290 e. The molecule has 1 aromatic rings. The fraction of sp³-hybridized carbons (Fsp3) is 0.250. The lowest BCUT2D eigenvalue weighted by atomic mass is 10.1. The van der Waals surface area contributed by atoms with E-state index in [2.05, 4.69) is 0 Å². The van der Waals surface area contributed by atoms with Crippen molar-refractivity contribution in [1.29, 1.82) is 0 Å². The van der Waals surface area contributed by atoms with Crippen molar-refractivity contribution >= 4 is 56.5 Å². The Kier molecular flexibility index (Phi) is 4.38. The van der Waals surface area contributed by atoms with E-state index in [9.17, 15) is 8.42 Å². The molecule has 3 nitrogen and oxygen atoms in total. The highest BCUT2D eigenvalue weighted by Gasteiger charge is 2.44. The van der Waals surface area contributed by atoms with Crippen LogP contribution in [0.2, 0.25) is 10.0 Å². The standard InChI is InChI=1S/C8H6Cl4O3S/c9-4-8(12,16(13,14)15)5-2-1-3-6(10)7(5)11/h1-3H,4H2,(H,13,14,15). The molecular formula is C8H6Cl4O3S. The van der Waals surface area contributed by atoms with E-state index in [1.54, 1.807) is 0 Å². The summed E-state index contributed by atoms with van der Waals surface area (Å²) in [5.41, 5.74) is -0.0548. The van der Waals surface area contributed by atoms with Gasteiger partial charge >= 0.3 is 0 Å². The number of hydrogen-bond acceptors (Lipinski definition) is 2. The van der Waals surface area contributed by atoms with Crippen LogP contribution in [0, 0.1) is 0 Å². The predicted molar refractivity (Wildman–Crippen MR) is 66.3 cm³/mol. The van der Waals surface area contributed by atoms with Crippen molar-refractivity contribution < 1.29 is 13.0 Å². The van der Waals surface area contributed by atoms with Gasteiger partial charge in [-0.2, -0.15) is 8.42 Å². The van der Waals surface area contributed by atoms with Crippen LogP contribution in [0.4, 0.5) is 0 Å². The Balaban J connectivity index is 3.53. The number of benzene rings is 1. The van der Waals surface area contributed by atoms with E-state index in [0.717, 1.165) is 0 Å². The third kappa shape index (κ3) is 2.42. The first-order valence-electron chi connectivity index (χ1n) is 3.90. The normalized spacial score (nSPS) is 15.8. The van der Waals surface area contributed by atoms with Crippen molar-refractivity contribution in [2.45, 2.75) is 4.21 Å². The van der Waals surface area contributed by atoms with E-state index in [-0.39, 0.29) is 15.6 Å². The van der Waals surface area contributed by atoms with Crippen LogP contribution in [0.15, 0.2) is 18.2 Å². The van der Waals surface area contributed by atoms with Crippen LogP contribution in [0.1, 0.15) is 5.56 Å². The van der Waals surface area contributed by atoms with Crippen LogP contribution in [-0.2, 0) is 14.3 Å². The third-order valence-corrected chi connectivity index (χ3v) is 5.55. The minimum absolute atomic E-state index is 0.0548. The summed E-state index contributed by atoms with van der Waals surface area (Å²) < 4.78 is 29.2. The van der Waals surface area contributed by atoms with Gasteiger partial charge in [-0.3, -0.25) is 4.55 Å². The van der Waals surface area contributed by atoms with Gasteiger partial charge in [-0.25, -0.2) is 0 Å². The van der Waals surface area contributed by atoms with Crippen molar-refractivity contribution in [2.75, 3.05) is 5.88 Å². The van der Waals surface area contributed by atoms with Crippen LogP contribution in [0.5, 0.6) is 0 Å². The molecule has 0 saturated heterocycles. The first-order valence-corrected chi connectivity index (χ1v) is 7.01. The van der Waals surface area contributed by atoms with Gasteiger partial charge in [0.1, 0.15) is 0 Å². The molecule has 0 aliphatic carbocycles. The van der Waals surface area contributed by atoms with Gasteiger partial charge in [0.2, 0.25) is 4.21 Å². The molecule has 0 aliphatic heterocycles. The number of hydrogen-bond donors (Lipinski definition) is 1. The molecule has 0 saturated carbocycles. The van der Waals surface area contributed by atoms with Crippen LogP contribution < -0.4 is 0 Å². The lowest BCUT2D eigenvalue weighted by Crippen LogP contribution is -2.31. The highest BCUT2D eigenvalue weighted by Crippen LogP contribution is 2.41. The lowest BCUT2D eigenvalue weighted by Gasteiger charge is -2.22. The maximum absolute atomic E-state index is 11.2. The second kappa shape index (κ2) is 4.88. The second-order valence-electron chi connectivity index (χ2n) is 2.94. The Hall–Kier alpha value is 0.290. The summed E-state index contributed by atoms with van der Waals surface area (Å²) in [6.07, 6.45) is 0. The Morgan fingerprint density at radius 3 is 2.31 bits per heavy atom. The van der Waals surface area contributed by atoms with E-state index < -0.39 is 20.2 Å². The van der Waals surface area contributed by atoms with Gasteiger partial charge in [-0.05, 0) is 6.07 Å². The van der Waals surface area contributed by atoms with Gasteiger partial charge < -0.3 is 0 Å². The van der Waals surface area contributed by atoms with Gasteiger partial charge in [0.15, 0.2) is 0 Å². The summed E-state index contributed by atoms with van der Waals surface area (Å²) in [5, 5.41) is 0.0652. The van der Waals surface area contributed by atoms with Gasteiger partial charge in [-0.15, -0.1) is 11.6 Å². The fourth-order valence-electron chi connectivity index (χ4n) is 1.07.